The van der Waals surface area contributed by atoms with Crippen molar-refractivity contribution < 1.29 is 0 Å². The molecule has 1 saturated carbocycles. The molecule has 1 aromatic heterocycles. The first-order valence-corrected chi connectivity index (χ1v) is 7.63. The van der Waals surface area contributed by atoms with Gasteiger partial charge in [0.2, 0.25) is 0 Å². The van der Waals surface area contributed by atoms with Crippen LogP contribution >= 0.6 is 0 Å². The molecule has 0 atom stereocenters. The lowest BCUT2D eigenvalue weighted by molar-refractivity contribution is 0.487. The molecule has 0 amide bonds. The second-order valence-corrected chi connectivity index (χ2v) is 6.12. The SMILES string of the molecule is Cc1ccc2c(CCN=C(N)N(C)C3CC3)cn(C)c2c1. The Labute approximate surface area is 126 Å². The number of rotatable bonds is 4. The zero-order chi connectivity index (χ0) is 15.0. The second kappa shape index (κ2) is 5.43. The van der Waals surface area contributed by atoms with E-state index >= 15 is 0 Å². The Balaban J connectivity index is 1.72. The van der Waals surface area contributed by atoms with Crippen LogP contribution in [0.15, 0.2) is 29.4 Å². The number of hydrogen-bond donors (Lipinski definition) is 1. The van der Waals surface area contributed by atoms with Crippen LogP contribution in [0.4, 0.5) is 0 Å². The van der Waals surface area contributed by atoms with Gasteiger partial charge >= 0.3 is 0 Å². The molecule has 2 N–H and O–H groups in total. The highest BCUT2D eigenvalue weighted by atomic mass is 15.3. The highest BCUT2D eigenvalue weighted by molar-refractivity contribution is 5.84. The molecule has 0 spiro atoms. The van der Waals surface area contributed by atoms with Gasteiger partial charge in [-0.1, -0.05) is 12.1 Å². The first-order valence-electron chi connectivity index (χ1n) is 7.63. The van der Waals surface area contributed by atoms with E-state index in [0.717, 1.165) is 13.0 Å². The summed E-state index contributed by atoms with van der Waals surface area (Å²) in [5.41, 5.74) is 9.96. The Morgan fingerprint density at radius 1 is 1.43 bits per heavy atom. The first kappa shape index (κ1) is 14.0. The standard InChI is InChI=1S/C17H24N4/c1-12-4-7-15-13(11-20(2)16(15)10-12)8-9-19-17(18)21(3)14-5-6-14/h4,7,10-11,14H,5-6,8-9H2,1-3H3,(H2,18,19). The molecule has 0 saturated heterocycles. The number of benzene rings is 1. The maximum absolute atomic E-state index is 6.03. The smallest absolute Gasteiger partial charge is 0.191 e. The molecular weight excluding hydrogens is 260 g/mol. The Hall–Kier alpha value is -1.97. The van der Waals surface area contributed by atoms with Crippen LogP contribution in [0.25, 0.3) is 10.9 Å². The summed E-state index contributed by atoms with van der Waals surface area (Å²) in [7, 11) is 4.14. The van der Waals surface area contributed by atoms with E-state index < -0.39 is 0 Å². The van der Waals surface area contributed by atoms with Gasteiger partial charge < -0.3 is 15.2 Å². The largest absolute Gasteiger partial charge is 0.370 e. The zero-order valence-electron chi connectivity index (χ0n) is 13.1. The normalized spacial score (nSPS) is 15.7. The minimum absolute atomic E-state index is 0.620. The molecule has 1 aliphatic carbocycles. The van der Waals surface area contributed by atoms with E-state index in [1.54, 1.807) is 0 Å². The summed E-state index contributed by atoms with van der Waals surface area (Å²) >= 11 is 0. The van der Waals surface area contributed by atoms with E-state index in [4.69, 9.17) is 5.73 Å². The number of nitrogens with two attached hydrogens (primary N) is 1. The fourth-order valence-corrected chi connectivity index (χ4v) is 2.83. The van der Waals surface area contributed by atoms with Crippen molar-refractivity contribution in [3.05, 3.63) is 35.5 Å². The van der Waals surface area contributed by atoms with Crippen molar-refractivity contribution in [1.29, 1.82) is 0 Å². The van der Waals surface area contributed by atoms with Gasteiger partial charge in [-0.25, -0.2) is 0 Å². The topological polar surface area (TPSA) is 46.5 Å². The van der Waals surface area contributed by atoms with Gasteiger partial charge in [-0.15, -0.1) is 0 Å². The molecule has 1 heterocycles. The van der Waals surface area contributed by atoms with Crippen molar-refractivity contribution in [1.82, 2.24) is 9.47 Å². The molecule has 1 fully saturated rings. The Morgan fingerprint density at radius 2 is 2.19 bits per heavy atom. The van der Waals surface area contributed by atoms with Gasteiger partial charge in [0.05, 0.1) is 0 Å². The van der Waals surface area contributed by atoms with Crippen LogP contribution in [0, 0.1) is 6.92 Å². The molecule has 4 nitrogen and oxygen atoms in total. The number of aryl methyl sites for hydroxylation is 2. The van der Waals surface area contributed by atoms with Gasteiger partial charge in [-0.3, -0.25) is 4.99 Å². The quantitative estimate of drug-likeness (QED) is 0.692. The molecule has 112 valence electrons. The summed E-state index contributed by atoms with van der Waals surface area (Å²) in [6.45, 7) is 2.88. The number of hydrogen-bond acceptors (Lipinski definition) is 1. The first-order chi connectivity index (χ1) is 10.1. The van der Waals surface area contributed by atoms with E-state index in [9.17, 15) is 0 Å². The van der Waals surface area contributed by atoms with Gasteiger partial charge in [0.1, 0.15) is 0 Å². The number of aromatic nitrogens is 1. The number of aliphatic imine (C=N–C) groups is 1. The van der Waals surface area contributed by atoms with Crippen molar-refractivity contribution in [2.75, 3.05) is 13.6 Å². The predicted octanol–water partition coefficient (Wildman–Crippen LogP) is 2.44. The third-order valence-electron chi connectivity index (χ3n) is 4.34. The van der Waals surface area contributed by atoms with E-state index in [2.05, 4.69) is 52.8 Å². The van der Waals surface area contributed by atoms with Crippen molar-refractivity contribution in [2.45, 2.75) is 32.2 Å². The number of fused-ring (bicyclic) bond motifs is 1. The van der Waals surface area contributed by atoms with Gasteiger partial charge in [-0.05, 0) is 43.4 Å². The van der Waals surface area contributed by atoms with Gasteiger partial charge in [0, 0.05) is 43.8 Å². The van der Waals surface area contributed by atoms with Crippen molar-refractivity contribution in [3.8, 4) is 0 Å². The lowest BCUT2D eigenvalue weighted by Gasteiger charge is -2.16. The van der Waals surface area contributed by atoms with Crippen molar-refractivity contribution >= 4 is 16.9 Å². The lowest BCUT2D eigenvalue weighted by Crippen LogP contribution is -2.35. The summed E-state index contributed by atoms with van der Waals surface area (Å²) in [4.78, 5) is 6.63. The monoisotopic (exact) mass is 284 g/mol. The molecule has 2 aromatic rings. The fraction of sp³-hybridized carbons (Fsp3) is 0.471. The van der Waals surface area contributed by atoms with Crippen LogP contribution < -0.4 is 5.73 Å². The number of guanidine groups is 1. The molecule has 4 heteroatoms. The lowest BCUT2D eigenvalue weighted by atomic mass is 10.1. The highest BCUT2D eigenvalue weighted by Crippen LogP contribution is 2.25. The fourth-order valence-electron chi connectivity index (χ4n) is 2.83. The molecule has 1 aliphatic rings. The zero-order valence-corrected chi connectivity index (χ0v) is 13.1. The summed E-state index contributed by atoms with van der Waals surface area (Å²) in [5.74, 6) is 0.675. The van der Waals surface area contributed by atoms with Crippen molar-refractivity contribution in [2.24, 2.45) is 17.8 Å². The molecule has 3 rings (SSSR count). The van der Waals surface area contributed by atoms with Crippen LogP contribution in [0.1, 0.15) is 24.0 Å². The Kier molecular flexibility index (Phi) is 3.62. The third kappa shape index (κ3) is 2.89. The average Bonchev–Trinajstić information content (AvgIpc) is 3.25. The Bertz CT molecular complexity index is 679. The van der Waals surface area contributed by atoms with E-state index in [0.29, 0.717) is 12.0 Å². The molecule has 1 aromatic carbocycles. The summed E-state index contributed by atoms with van der Waals surface area (Å²) in [6.07, 6.45) is 5.63. The van der Waals surface area contributed by atoms with Crippen LogP contribution in [0.3, 0.4) is 0 Å². The van der Waals surface area contributed by atoms with Crippen molar-refractivity contribution in [3.63, 3.8) is 0 Å². The van der Waals surface area contributed by atoms with Gasteiger partial charge in [0.25, 0.3) is 0 Å². The summed E-state index contributed by atoms with van der Waals surface area (Å²) in [6, 6.07) is 7.24. The highest BCUT2D eigenvalue weighted by Gasteiger charge is 2.27. The van der Waals surface area contributed by atoms with Gasteiger partial charge in [-0.2, -0.15) is 0 Å². The minimum atomic E-state index is 0.620. The van der Waals surface area contributed by atoms with Crippen LogP contribution in [-0.2, 0) is 13.5 Å². The average molecular weight is 284 g/mol. The van der Waals surface area contributed by atoms with Gasteiger partial charge in [0.15, 0.2) is 5.96 Å². The molecule has 0 aliphatic heterocycles. The maximum atomic E-state index is 6.03. The summed E-state index contributed by atoms with van der Waals surface area (Å²) in [5, 5.41) is 1.33. The maximum Gasteiger partial charge on any atom is 0.191 e. The molecule has 0 radical (unpaired) electrons. The minimum Gasteiger partial charge on any atom is -0.370 e. The molecule has 21 heavy (non-hydrogen) atoms. The summed E-state index contributed by atoms with van der Waals surface area (Å²) < 4.78 is 2.20. The molecule has 0 bridgehead atoms. The second-order valence-electron chi connectivity index (χ2n) is 6.12. The van der Waals surface area contributed by atoms with Crippen LogP contribution in [0.5, 0.6) is 0 Å². The van der Waals surface area contributed by atoms with E-state index in [-0.39, 0.29) is 0 Å². The Morgan fingerprint density at radius 3 is 2.90 bits per heavy atom. The van der Waals surface area contributed by atoms with Crippen LogP contribution in [-0.4, -0.2) is 35.1 Å². The molecule has 0 unspecified atom stereocenters. The van der Waals surface area contributed by atoms with E-state index in [1.807, 2.05) is 7.05 Å². The van der Waals surface area contributed by atoms with E-state index in [1.165, 1.54) is 34.9 Å². The number of nitrogens with zero attached hydrogens (tertiary/aromatic N) is 3. The molecular formula is C17H24N4. The van der Waals surface area contributed by atoms with Crippen LogP contribution in [0.2, 0.25) is 0 Å². The predicted molar refractivity (Wildman–Crippen MR) is 88.6 cm³/mol. The third-order valence-corrected chi connectivity index (χ3v) is 4.34.